The van der Waals surface area contributed by atoms with Crippen LogP contribution < -0.4 is 16.0 Å². The molecule has 0 aliphatic carbocycles. The lowest BCUT2D eigenvalue weighted by Crippen LogP contribution is -2.18. The number of anilines is 3. The highest BCUT2D eigenvalue weighted by Crippen LogP contribution is 2.26. The number of ether oxygens (including phenoxy) is 2. The second-order valence-electron chi connectivity index (χ2n) is 5.90. The standard InChI is InChI=1S/C19H21N3O5/c1-22(2)16-6-5-13(10-15(16)17(20)23)21-14-8-11(18(24)26-3)7-12(9-14)19(25)27-4/h5-10,21H,1-4H3,(H2,20,23). The molecule has 0 aliphatic heterocycles. The lowest BCUT2D eigenvalue weighted by atomic mass is 10.1. The predicted octanol–water partition coefficient (Wildman–Crippen LogP) is 2.17. The Morgan fingerprint density at radius 2 is 1.44 bits per heavy atom. The van der Waals surface area contributed by atoms with Gasteiger partial charge in [-0.15, -0.1) is 0 Å². The van der Waals surface area contributed by atoms with Crippen LogP contribution in [0.4, 0.5) is 17.1 Å². The summed E-state index contributed by atoms with van der Waals surface area (Å²) in [6.07, 6.45) is 0. The first kappa shape index (κ1) is 19.8. The van der Waals surface area contributed by atoms with Gasteiger partial charge < -0.3 is 25.4 Å². The van der Waals surface area contributed by atoms with E-state index in [-0.39, 0.29) is 11.1 Å². The van der Waals surface area contributed by atoms with E-state index in [9.17, 15) is 14.4 Å². The molecule has 0 fully saturated rings. The van der Waals surface area contributed by atoms with Crippen molar-refractivity contribution in [2.24, 2.45) is 5.73 Å². The molecular formula is C19H21N3O5. The van der Waals surface area contributed by atoms with Crippen LogP contribution in [0.25, 0.3) is 0 Å². The van der Waals surface area contributed by atoms with Gasteiger partial charge in [-0.05, 0) is 36.4 Å². The third-order valence-electron chi connectivity index (χ3n) is 3.81. The summed E-state index contributed by atoms with van der Waals surface area (Å²) in [5.41, 5.74) is 7.85. The quantitative estimate of drug-likeness (QED) is 0.749. The molecule has 0 saturated heterocycles. The molecule has 0 radical (unpaired) electrons. The zero-order valence-corrected chi connectivity index (χ0v) is 15.5. The van der Waals surface area contributed by atoms with E-state index in [0.29, 0.717) is 22.6 Å². The Labute approximate surface area is 156 Å². The second-order valence-corrected chi connectivity index (χ2v) is 5.90. The van der Waals surface area contributed by atoms with E-state index < -0.39 is 17.8 Å². The summed E-state index contributed by atoms with van der Waals surface area (Å²) in [6, 6.07) is 9.54. The van der Waals surface area contributed by atoms with Crippen molar-refractivity contribution in [3.63, 3.8) is 0 Å². The number of nitrogens with zero attached hydrogens (tertiary/aromatic N) is 1. The first-order valence-corrected chi connectivity index (χ1v) is 7.96. The van der Waals surface area contributed by atoms with Crippen molar-refractivity contribution >= 4 is 34.9 Å². The number of methoxy groups -OCH3 is 2. The fraction of sp³-hybridized carbons (Fsp3) is 0.211. The van der Waals surface area contributed by atoms with Gasteiger partial charge >= 0.3 is 11.9 Å². The number of hydrogen-bond donors (Lipinski definition) is 2. The van der Waals surface area contributed by atoms with Crippen molar-refractivity contribution in [3.8, 4) is 0 Å². The van der Waals surface area contributed by atoms with E-state index >= 15 is 0 Å². The molecule has 8 heteroatoms. The zero-order valence-electron chi connectivity index (χ0n) is 15.5. The average Bonchev–Trinajstić information content (AvgIpc) is 2.65. The van der Waals surface area contributed by atoms with Crippen LogP contribution in [0.3, 0.4) is 0 Å². The summed E-state index contributed by atoms with van der Waals surface area (Å²) in [5, 5.41) is 3.06. The van der Waals surface area contributed by atoms with Crippen LogP contribution in [0.5, 0.6) is 0 Å². The number of nitrogens with two attached hydrogens (primary N) is 1. The summed E-state index contributed by atoms with van der Waals surface area (Å²) in [7, 11) is 6.10. The Morgan fingerprint density at radius 3 is 1.89 bits per heavy atom. The summed E-state index contributed by atoms with van der Waals surface area (Å²) in [4.78, 5) is 37.3. The van der Waals surface area contributed by atoms with E-state index in [1.165, 1.54) is 32.4 Å². The van der Waals surface area contributed by atoms with E-state index in [4.69, 9.17) is 15.2 Å². The van der Waals surface area contributed by atoms with Crippen molar-refractivity contribution in [2.75, 3.05) is 38.5 Å². The highest BCUT2D eigenvalue weighted by molar-refractivity contribution is 6.00. The summed E-state index contributed by atoms with van der Waals surface area (Å²) < 4.78 is 9.43. The average molecular weight is 371 g/mol. The molecule has 3 N–H and O–H groups in total. The van der Waals surface area contributed by atoms with Crippen molar-refractivity contribution in [1.82, 2.24) is 0 Å². The predicted molar refractivity (Wildman–Crippen MR) is 102 cm³/mol. The Morgan fingerprint density at radius 1 is 0.889 bits per heavy atom. The Kier molecular flexibility index (Phi) is 6.02. The van der Waals surface area contributed by atoms with Gasteiger partial charge in [0, 0.05) is 31.2 Å². The monoisotopic (exact) mass is 371 g/mol. The van der Waals surface area contributed by atoms with Crippen LogP contribution in [0.15, 0.2) is 36.4 Å². The van der Waals surface area contributed by atoms with Crippen LogP contribution in [-0.4, -0.2) is 46.2 Å². The van der Waals surface area contributed by atoms with Crippen LogP contribution in [0.1, 0.15) is 31.1 Å². The smallest absolute Gasteiger partial charge is 0.337 e. The summed E-state index contributed by atoms with van der Waals surface area (Å²) in [6.45, 7) is 0. The molecule has 8 nitrogen and oxygen atoms in total. The van der Waals surface area contributed by atoms with E-state index in [2.05, 4.69) is 5.32 Å². The molecule has 27 heavy (non-hydrogen) atoms. The van der Waals surface area contributed by atoms with Crippen molar-refractivity contribution in [2.45, 2.75) is 0 Å². The summed E-state index contributed by atoms with van der Waals surface area (Å²) >= 11 is 0. The number of amides is 1. The first-order chi connectivity index (χ1) is 12.8. The van der Waals surface area contributed by atoms with Gasteiger partial charge in [0.2, 0.25) is 0 Å². The fourth-order valence-corrected chi connectivity index (χ4v) is 2.54. The molecule has 0 saturated carbocycles. The number of nitrogens with one attached hydrogen (secondary N) is 1. The molecule has 0 spiro atoms. The number of rotatable bonds is 6. The zero-order chi connectivity index (χ0) is 20.1. The Balaban J connectivity index is 2.47. The molecule has 2 rings (SSSR count). The topological polar surface area (TPSA) is 111 Å². The van der Waals surface area contributed by atoms with Crippen LogP contribution in [0, 0.1) is 0 Å². The number of carbonyl (C=O) groups is 3. The van der Waals surface area contributed by atoms with Crippen LogP contribution in [-0.2, 0) is 9.47 Å². The van der Waals surface area contributed by atoms with Gasteiger partial charge in [-0.1, -0.05) is 0 Å². The minimum atomic E-state index is -0.593. The first-order valence-electron chi connectivity index (χ1n) is 7.96. The number of carbonyl (C=O) groups excluding carboxylic acids is 3. The van der Waals surface area contributed by atoms with Gasteiger partial charge in [-0.25, -0.2) is 9.59 Å². The molecule has 0 aromatic heterocycles. The van der Waals surface area contributed by atoms with Crippen molar-refractivity contribution in [1.29, 1.82) is 0 Å². The number of esters is 2. The minimum absolute atomic E-state index is 0.183. The fourth-order valence-electron chi connectivity index (χ4n) is 2.54. The number of benzene rings is 2. The van der Waals surface area contributed by atoms with E-state index in [0.717, 1.165) is 0 Å². The third-order valence-corrected chi connectivity index (χ3v) is 3.81. The largest absolute Gasteiger partial charge is 0.465 e. The highest BCUT2D eigenvalue weighted by atomic mass is 16.5. The van der Waals surface area contributed by atoms with Crippen molar-refractivity contribution in [3.05, 3.63) is 53.1 Å². The molecule has 0 unspecified atom stereocenters. The molecule has 2 aromatic carbocycles. The normalized spacial score (nSPS) is 10.1. The van der Waals surface area contributed by atoms with E-state index in [1.807, 2.05) is 0 Å². The minimum Gasteiger partial charge on any atom is -0.465 e. The molecule has 0 bridgehead atoms. The molecule has 0 heterocycles. The maximum atomic E-state index is 11.9. The molecule has 0 aliphatic rings. The van der Waals surface area contributed by atoms with Gasteiger partial charge in [0.05, 0.1) is 30.9 Å². The van der Waals surface area contributed by atoms with Crippen molar-refractivity contribution < 1.29 is 23.9 Å². The second kappa shape index (κ2) is 8.22. The lowest BCUT2D eigenvalue weighted by Gasteiger charge is -2.17. The SMILES string of the molecule is COC(=O)c1cc(Nc2ccc(N(C)C)c(C(N)=O)c2)cc(C(=O)OC)c1. The van der Waals surface area contributed by atoms with Gasteiger partial charge in [-0.2, -0.15) is 0 Å². The van der Waals surface area contributed by atoms with Gasteiger partial charge in [0.1, 0.15) is 0 Å². The van der Waals surface area contributed by atoms with Gasteiger partial charge in [0.15, 0.2) is 0 Å². The molecule has 142 valence electrons. The third kappa shape index (κ3) is 4.55. The highest BCUT2D eigenvalue weighted by Gasteiger charge is 2.15. The van der Waals surface area contributed by atoms with E-state index in [1.54, 1.807) is 37.2 Å². The maximum absolute atomic E-state index is 11.9. The molecule has 2 aromatic rings. The molecular weight excluding hydrogens is 350 g/mol. The number of primary amides is 1. The molecule has 1 amide bonds. The Bertz CT molecular complexity index is 859. The van der Waals surface area contributed by atoms with Gasteiger partial charge in [0.25, 0.3) is 5.91 Å². The lowest BCUT2D eigenvalue weighted by molar-refractivity contribution is 0.0599. The van der Waals surface area contributed by atoms with Gasteiger partial charge in [-0.3, -0.25) is 4.79 Å². The maximum Gasteiger partial charge on any atom is 0.337 e. The van der Waals surface area contributed by atoms with Crippen LogP contribution in [0.2, 0.25) is 0 Å². The number of hydrogen-bond acceptors (Lipinski definition) is 7. The van der Waals surface area contributed by atoms with Crippen LogP contribution >= 0.6 is 0 Å². The Hall–Kier alpha value is -3.55. The summed E-state index contributed by atoms with van der Waals surface area (Å²) in [5.74, 6) is -1.75. The molecule has 0 atom stereocenters.